The molecule has 0 aromatic carbocycles. The van der Waals surface area contributed by atoms with Crippen LogP contribution in [0.15, 0.2) is 0 Å². The molecule has 0 aliphatic carbocycles. The molecule has 18 heavy (non-hydrogen) atoms. The molecule has 0 heterocycles. The Labute approximate surface area is 127 Å². The van der Waals surface area contributed by atoms with Crippen molar-refractivity contribution in [2.75, 3.05) is 11.0 Å². The standard InChI is InChI=1S/C15H30INO/c1-2-3-4-5-6-7-8-9-10-12-15(18)17-14-11-13-16/h2-14H2,1H3,(H,17,18). The van der Waals surface area contributed by atoms with Crippen LogP contribution in [0.25, 0.3) is 0 Å². The van der Waals surface area contributed by atoms with Gasteiger partial charge < -0.3 is 5.32 Å². The number of rotatable bonds is 13. The monoisotopic (exact) mass is 367 g/mol. The summed E-state index contributed by atoms with van der Waals surface area (Å²) < 4.78 is 1.12. The molecule has 0 aromatic rings. The Morgan fingerprint density at radius 2 is 1.44 bits per heavy atom. The van der Waals surface area contributed by atoms with Crippen LogP contribution in [0.5, 0.6) is 0 Å². The minimum Gasteiger partial charge on any atom is -0.356 e. The third-order valence-corrected chi connectivity index (χ3v) is 3.90. The first-order valence-corrected chi connectivity index (χ1v) is 9.16. The fraction of sp³-hybridized carbons (Fsp3) is 0.933. The molecule has 3 heteroatoms. The van der Waals surface area contributed by atoms with E-state index < -0.39 is 0 Å². The van der Waals surface area contributed by atoms with Crippen LogP contribution < -0.4 is 5.32 Å². The summed E-state index contributed by atoms with van der Waals surface area (Å²) in [6, 6.07) is 0. The molecule has 1 amide bonds. The summed E-state index contributed by atoms with van der Waals surface area (Å²) in [5.74, 6) is 0.239. The Bertz CT molecular complexity index is 185. The van der Waals surface area contributed by atoms with E-state index in [4.69, 9.17) is 0 Å². The van der Waals surface area contributed by atoms with Crippen molar-refractivity contribution >= 4 is 28.5 Å². The maximum Gasteiger partial charge on any atom is 0.219 e. The summed E-state index contributed by atoms with van der Waals surface area (Å²) >= 11 is 2.34. The van der Waals surface area contributed by atoms with Gasteiger partial charge in [0.25, 0.3) is 0 Å². The van der Waals surface area contributed by atoms with Gasteiger partial charge in [0.1, 0.15) is 0 Å². The van der Waals surface area contributed by atoms with Crippen LogP contribution in [0.4, 0.5) is 0 Å². The first-order valence-electron chi connectivity index (χ1n) is 7.64. The fourth-order valence-electron chi connectivity index (χ4n) is 1.98. The predicted molar refractivity (Wildman–Crippen MR) is 88.4 cm³/mol. The Balaban J connectivity index is 3.08. The van der Waals surface area contributed by atoms with Crippen LogP contribution in [-0.4, -0.2) is 16.9 Å². The molecule has 0 radical (unpaired) electrons. The first-order chi connectivity index (χ1) is 8.81. The van der Waals surface area contributed by atoms with Crippen molar-refractivity contribution in [3.8, 4) is 0 Å². The topological polar surface area (TPSA) is 29.1 Å². The van der Waals surface area contributed by atoms with Gasteiger partial charge in [-0.2, -0.15) is 0 Å². The third kappa shape index (κ3) is 14.3. The van der Waals surface area contributed by atoms with Crippen molar-refractivity contribution < 1.29 is 4.79 Å². The molecule has 0 atom stereocenters. The van der Waals surface area contributed by atoms with Gasteiger partial charge in [0, 0.05) is 17.4 Å². The van der Waals surface area contributed by atoms with Crippen molar-refractivity contribution in [2.24, 2.45) is 0 Å². The molecular formula is C15H30INO. The van der Waals surface area contributed by atoms with Gasteiger partial charge in [-0.05, 0) is 12.8 Å². The lowest BCUT2D eigenvalue weighted by Crippen LogP contribution is -2.24. The van der Waals surface area contributed by atoms with Gasteiger partial charge in [0.15, 0.2) is 0 Å². The number of alkyl halides is 1. The largest absolute Gasteiger partial charge is 0.356 e. The molecule has 0 rings (SSSR count). The number of hydrogen-bond donors (Lipinski definition) is 1. The van der Waals surface area contributed by atoms with Gasteiger partial charge in [0.2, 0.25) is 5.91 Å². The van der Waals surface area contributed by atoms with E-state index in [0.29, 0.717) is 0 Å². The van der Waals surface area contributed by atoms with E-state index in [0.717, 1.165) is 30.2 Å². The second-order valence-corrected chi connectivity index (χ2v) is 6.05. The van der Waals surface area contributed by atoms with Crippen LogP contribution >= 0.6 is 22.6 Å². The highest BCUT2D eigenvalue weighted by Gasteiger charge is 1.99. The zero-order valence-electron chi connectivity index (χ0n) is 12.0. The number of nitrogens with one attached hydrogen (secondary N) is 1. The van der Waals surface area contributed by atoms with E-state index in [1.54, 1.807) is 0 Å². The molecule has 0 aliphatic rings. The molecule has 0 saturated heterocycles. The predicted octanol–water partition coefficient (Wildman–Crippen LogP) is 4.85. The van der Waals surface area contributed by atoms with Crippen LogP contribution in [0, 0.1) is 0 Å². The maximum atomic E-state index is 11.4. The maximum absolute atomic E-state index is 11.4. The van der Waals surface area contributed by atoms with Crippen molar-refractivity contribution in [1.82, 2.24) is 5.32 Å². The second kappa shape index (κ2) is 15.3. The van der Waals surface area contributed by atoms with Crippen LogP contribution in [0.1, 0.15) is 77.6 Å². The zero-order chi connectivity index (χ0) is 13.5. The van der Waals surface area contributed by atoms with E-state index in [2.05, 4.69) is 34.8 Å². The Hall–Kier alpha value is 0.200. The van der Waals surface area contributed by atoms with Gasteiger partial charge in [-0.25, -0.2) is 0 Å². The number of amides is 1. The lowest BCUT2D eigenvalue weighted by Gasteiger charge is -2.04. The average Bonchev–Trinajstić information content (AvgIpc) is 2.37. The molecule has 0 bridgehead atoms. The Morgan fingerprint density at radius 3 is 2.00 bits per heavy atom. The fourth-order valence-corrected chi connectivity index (χ4v) is 2.36. The molecule has 1 N–H and O–H groups in total. The van der Waals surface area contributed by atoms with E-state index in [-0.39, 0.29) is 5.91 Å². The van der Waals surface area contributed by atoms with E-state index >= 15 is 0 Å². The van der Waals surface area contributed by atoms with Gasteiger partial charge in [-0.3, -0.25) is 4.79 Å². The molecule has 0 spiro atoms. The van der Waals surface area contributed by atoms with E-state index in [9.17, 15) is 4.79 Å². The third-order valence-electron chi connectivity index (χ3n) is 3.14. The average molecular weight is 367 g/mol. The number of unbranched alkanes of at least 4 members (excludes halogenated alkanes) is 8. The van der Waals surface area contributed by atoms with E-state index in [1.807, 2.05) is 0 Å². The Kier molecular flexibility index (Phi) is 15.4. The molecule has 108 valence electrons. The van der Waals surface area contributed by atoms with Gasteiger partial charge in [-0.1, -0.05) is 80.9 Å². The zero-order valence-corrected chi connectivity index (χ0v) is 14.1. The Morgan fingerprint density at radius 1 is 0.889 bits per heavy atom. The van der Waals surface area contributed by atoms with Crippen molar-refractivity contribution in [3.05, 3.63) is 0 Å². The molecule has 0 fully saturated rings. The smallest absolute Gasteiger partial charge is 0.219 e. The summed E-state index contributed by atoms with van der Waals surface area (Å²) in [6.07, 6.45) is 13.6. The summed E-state index contributed by atoms with van der Waals surface area (Å²) in [5.41, 5.74) is 0. The highest BCUT2D eigenvalue weighted by Crippen LogP contribution is 2.10. The number of carbonyl (C=O) groups is 1. The number of hydrogen-bond acceptors (Lipinski definition) is 1. The first kappa shape index (κ1) is 18.2. The molecule has 2 nitrogen and oxygen atoms in total. The molecular weight excluding hydrogens is 337 g/mol. The lowest BCUT2D eigenvalue weighted by molar-refractivity contribution is -0.121. The summed E-state index contributed by atoms with van der Waals surface area (Å²) in [4.78, 5) is 11.4. The van der Waals surface area contributed by atoms with E-state index in [1.165, 1.54) is 51.4 Å². The normalized spacial score (nSPS) is 10.6. The van der Waals surface area contributed by atoms with Crippen LogP contribution in [-0.2, 0) is 4.79 Å². The number of carbonyl (C=O) groups excluding carboxylic acids is 1. The highest BCUT2D eigenvalue weighted by molar-refractivity contribution is 14.1. The van der Waals surface area contributed by atoms with Crippen molar-refractivity contribution in [2.45, 2.75) is 77.6 Å². The minimum absolute atomic E-state index is 0.239. The van der Waals surface area contributed by atoms with Crippen LogP contribution in [0.3, 0.4) is 0 Å². The summed E-state index contributed by atoms with van der Waals surface area (Å²) in [5, 5.41) is 2.97. The van der Waals surface area contributed by atoms with Gasteiger partial charge in [-0.15, -0.1) is 0 Å². The summed E-state index contributed by atoms with van der Waals surface area (Å²) in [6.45, 7) is 3.10. The molecule has 0 aromatic heterocycles. The van der Waals surface area contributed by atoms with Gasteiger partial charge >= 0.3 is 0 Å². The second-order valence-electron chi connectivity index (χ2n) is 4.97. The van der Waals surface area contributed by atoms with Gasteiger partial charge in [0.05, 0.1) is 0 Å². The summed E-state index contributed by atoms with van der Waals surface area (Å²) in [7, 11) is 0. The van der Waals surface area contributed by atoms with Crippen molar-refractivity contribution in [3.63, 3.8) is 0 Å². The van der Waals surface area contributed by atoms with Crippen molar-refractivity contribution in [1.29, 1.82) is 0 Å². The molecule has 0 aliphatic heterocycles. The van der Waals surface area contributed by atoms with Crippen LogP contribution in [0.2, 0.25) is 0 Å². The SMILES string of the molecule is CCCCCCCCCCCC(=O)NCCCI. The molecule has 0 saturated carbocycles. The minimum atomic E-state index is 0.239. The molecule has 0 unspecified atom stereocenters. The quantitative estimate of drug-likeness (QED) is 0.281. The number of halogens is 1. The lowest BCUT2D eigenvalue weighted by atomic mass is 10.1. The highest BCUT2D eigenvalue weighted by atomic mass is 127.